The number of fused-ring (bicyclic) bond motifs is 2. The number of aliphatic hydroxyl groups is 2. The fourth-order valence-electron chi connectivity index (χ4n) is 3.39. The molecule has 5 rings (SSSR count). The Balaban J connectivity index is 1.41. The zero-order valence-corrected chi connectivity index (χ0v) is 17.0. The molecule has 0 bridgehead atoms. The van der Waals surface area contributed by atoms with Gasteiger partial charge in [0, 0.05) is 28.3 Å². The lowest BCUT2D eigenvalue weighted by molar-refractivity contribution is -0.0117. The molecule has 0 spiro atoms. The molecule has 4 N–H and O–H groups in total. The van der Waals surface area contributed by atoms with Crippen LogP contribution < -0.4 is 10.5 Å². The summed E-state index contributed by atoms with van der Waals surface area (Å²) < 4.78 is 13.9. The van der Waals surface area contributed by atoms with E-state index in [0.29, 0.717) is 22.6 Å². The fraction of sp³-hybridized carbons (Fsp3) is 0.150. The Morgan fingerprint density at radius 1 is 1.17 bits per heavy atom. The minimum atomic E-state index is -1.26. The molecule has 1 fully saturated rings. The molecule has 1 aliphatic rings. The minimum absolute atomic E-state index is 0.0974. The molecular formula is C20H16BrN5O4. The summed E-state index contributed by atoms with van der Waals surface area (Å²) in [5.74, 6) is 0.938. The summed E-state index contributed by atoms with van der Waals surface area (Å²) in [5, 5.41) is 22.5. The van der Waals surface area contributed by atoms with Crippen molar-refractivity contribution >= 4 is 43.7 Å². The molecule has 30 heavy (non-hydrogen) atoms. The standard InChI is InChI=1S/C20H16BrN5O4/c21-11-5-10-1-2-12(6-14(10)23-7-11)29-8-15-16(27)17(28)20(30-15)26-4-3-13-18(22)24-9-25-19(13)26/h1-9,16-17,20,27-28H,(H2,22,24,25)/b15-8-/t16-,17-,20-/m1/s1. The Morgan fingerprint density at radius 3 is 2.90 bits per heavy atom. The number of nitrogens with two attached hydrogens (primary N) is 1. The summed E-state index contributed by atoms with van der Waals surface area (Å²) in [7, 11) is 0. The highest BCUT2D eigenvalue weighted by atomic mass is 79.9. The van der Waals surface area contributed by atoms with E-state index in [9.17, 15) is 10.2 Å². The molecule has 1 aromatic carbocycles. The first-order chi connectivity index (χ1) is 14.5. The third kappa shape index (κ3) is 3.15. The quantitative estimate of drug-likeness (QED) is 0.390. The van der Waals surface area contributed by atoms with Gasteiger partial charge in [0.2, 0.25) is 6.23 Å². The van der Waals surface area contributed by atoms with Crippen molar-refractivity contribution in [2.24, 2.45) is 0 Å². The molecule has 1 aliphatic heterocycles. The van der Waals surface area contributed by atoms with Gasteiger partial charge in [-0.15, -0.1) is 0 Å². The summed E-state index contributed by atoms with van der Waals surface area (Å²) in [6, 6.07) is 9.11. The number of nitrogens with zero attached hydrogens (tertiary/aromatic N) is 4. The van der Waals surface area contributed by atoms with Crippen molar-refractivity contribution in [1.82, 2.24) is 19.5 Å². The molecule has 1 saturated heterocycles. The average Bonchev–Trinajstić information content (AvgIpc) is 3.29. The number of hydrogen-bond donors (Lipinski definition) is 3. The van der Waals surface area contributed by atoms with Crippen molar-refractivity contribution < 1.29 is 19.7 Å². The molecule has 4 heterocycles. The minimum Gasteiger partial charge on any atom is -0.465 e. The first-order valence-corrected chi connectivity index (χ1v) is 9.82. The SMILES string of the molecule is Nc1ncnc2c1ccn2[C@@H]1O/C(=C\Oc2ccc3cc(Br)cnc3c2)[C@@H](O)[C@H]1O. The van der Waals surface area contributed by atoms with Gasteiger partial charge in [0.1, 0.15) is 42.0 Å². The van der Waals surface area contributed by atoms with Gasteiger partial charge in [-0.05, 0) is 40.2 Å². The molecule has 0 unspecified atom stereocenters. The highest BCUT2D eigenvalue weighted by Gasteiger charge is 2.41. The largest absolute Gasteiger partial charge is 0.465 e. The number of hydrogen-bond acceptors (Lipinski definition) is 8. The van der Waals surface area contributed by atoms with Crippen LogP contribution in [0.5, 0.6) is 5.75 Å². The van der Waals surface area contributed by atoms with E-state index in [1.54, 1.807) is 35.2 Å². The number of nitrogen functional groups attached to an aromatic ring is 1. The predicted molar refractivity (Wildman–Crippen MR) is 112 cm³/mol. The first-order valence-electron chi connectivity index (χ1n) is 9.03. The maximum atomic E-state index is 10.5. The van der Waals surface area contributed by atoms with E-state index < -0.39 is 18.4 Å². The van der Waals surface area contributed by atoms with Crippen LogP contribution in [0.25, 0.3) is 21.9 Å². The number of rotatable bonds is 3. The Labute approximate surface area is 178 Å². The van der Waals surface area contributed by atoms with Gasteiger partial charge >= 0.3 is 0 Å². The number of halogens is 1. The number of aliphatic hydroxyl groups excluding tert-OH is 2. The highest BCUT2D eigenvalue weighted by Crippen LogP contribution is 2.35. The van der Waals surface area contributed by atoms with Crippen LogP contribution in [0.3, 0.4) is 0 Å². The van der Waals surface area contributed by atoms with Crippen LogP contribution >= 0.6 is 15.9 Å². The average molecular weight is 470 g/mol. The maximum absolute atomic E-state index is 10.5. The van der Waals surface area contributed by atoms with Gasteiger partial charge < -0.3 is 25.4 Å². The van der Waals surface area contributed by atoms with Crippen LogP contribution in [-0.2, 0) is 4.74 Å². The van der Waals surface area contributed by atoms with Crippen LogP contribution in [0.15, 0.2) is 65.5 Å². The van der Waals surface area contributed by atoms with Crippen molar-refractivity contribution in [3.63, 3.8) is 0 Å². The van der Waals surface area contributed by atoms with Crippen molar-refractivity contribution in [3.05, 3.63) is 65.5 Å². The molecule has 0 aliphatic carbocycles. The second kappa shape index (κ2) is 7.24. The molecule has 0 radical (unpaired) electrons. The van der Waals surface area contributed by atoms with Gasteiger partial charge in [-0.1, -0.05) is 0 Å². The van der Waals surface area contributed by atoms with Crippen LogP contribution in [-0.4, -0.2) is 41.9 Å². The van der Waals surface area contributed by atoms with Crippen LogP contribution in [0.1, 0.15) is 6.23 Å². The number of anilines is 1. The Bertz CT molecular complexity index is 1290. The molecule has 0 saturated carbocycles. The van der Waals surface area contributed by atoms with E-state index in [2.05, 4.69) is 30.9 Å². The Hall–Kier alpha value is -3.21. The lowest BCUT2D eigenvalue weighted by Gasteiger charge is -2.16. The van der Waals surface area contributed by atoms with E-state index in [1.165, 1.54) is 12.6 Å². The fourth-order valence-corrected chi connectivity index (χ4v) is 3.74. The molecule has 0 amide bonds. The number of aromatic nitrogens is 4. The van der Waals surface area contributed by atoms with Crippen LogP contribution in [0.4, 0.5) is 5.82 Å². The molecule has 10 heteroatoms. The monoisotopic (exact) mass is 469 g/mol. The summed E-state index contributed by atoms with van der Waals surface area (Å²) in [4.78, 5) is 12.5. The lowest BCUT2D eigenvalue weighted by atomic mass is 10.2. The van der Waals surface area contributed by atoms with E-state index >= 15 is 0 Å². The summed E-state index contributed by atoms with van der Waals surface area (Å²) in [6.45, 7) is 0. The van der Waals surface area contributed by atoms with Crippen molar-refractivity contribution in [3.8, 4) is 5.75 Å². The third-order valence-corrected chi connectivity index (χ3v) is 5.35. The normalized spacial score (nSPS) is 22.6. The van der Waals surface area contributed by atoms with Gasteiger partial charge in [0.15, 0.2) is 5.76 Å². The van der Waals surface area contributed by atoms with Gasteiger partial charge in [0.05, 0.1) is 10.9 Å². The summed E-state index contributed by atoms with van der Waals surface area (Å²) in [5.41, 5.74) is 7.11. The molecule has 4 aromatic rings. The van der Waals surface area contributed by atoms with Gasteiger partial charge in [-0.2, -0.15) is 0 Å². The maximum Gasteiger partial charge on any atom is 0.206 e. The second-order valence-corrected chi connectivity index (χ2v) is 7.72. The number of benzene rings is 1. The Kier molecular flexibility index (Phi) is 4.54. The van der Waals surface area contributed by atoms with Crippen molar-refractivity contribution in [2.45, 2.75) is 18.4 Å². The molecular weight excluding hydrogens is 454 g/mol. The van der Waals surface area contributed by atoms with Gasteiger partial charge in [0.25, 0.3) is 0 Å². The van der Waals surface area contributed by atoms with E-state index in [4.69, 9.17) is 15.2 Å². The molecule has 3 aromatic heterocycles. The molecule has 3 atom stereocenters. The van der Waals surface area contributed by atoms with E-state index in [1.807, 2.05) is 12.1 Å². The zero-order valence-electron chi connectivity index (χ0n) is 15.4. The third-order valence-electron chi connectivity index (χ3n) is 4.91. The smallest absolute Gasteiger partial charge is 0.206 e. The van der Waals surface area contributed by atoms with Crippen LogP contribution in [0, 0.1) is 0 Å². The Morgan fingerprint density at radius 2 is 2.03 bits per heavy atom. The van der Waals surface area contributed by atoms with Crippen LogP contribution in [0.2, 0.25) is 0 Å². The number of pyridine rings is 1. The van der Waals surface area contributed by atoms with E-state index in [-0.39, 0.29) is 5.76 Å². The zero-order chi connectivity index (χ0) is 20.8. The topological polar surface area (TPSA) is 129 Å². The summed E-state index contributed by atoms with van der Waals surface area (Å²) >= 11 is 3.39. The second-order valence-electron chi connectivity index (χ2n) is 6.81. The highest BCUT2D eigenvalue weighted by molar-refractivity contribution is 9.10. The lowest BCUT2D eigenvalue weighted by Crippen LogP contribution is -2.27. The first kappa shape index (κ1) is 18.8. The van der Waals surface area contributed by atoms with E-state index in [0.717, 1.165) is 15.4 Å². The number of ether oxygens (including phenoxy) is 2. The van der Waals surface area contributed by atoms with Crippen molar-refractivity contribution in [1.29, 1.82) is 0 Å². The molecule has 152 valence electrons. The van der Waals surface area contributed by atoms with Crippen molar-refractivity contribution in [2.75, 3.05) is 5.73 Å². The molecule has 9 nitrogen and oxygen atoms in total. The predicted octanol–water partition coefficient (Wildman–Crippen LogP) is 2.50. The van der Waals surface area contributed by atoms with Gasteiger partial charge in [-0.3, -0.25) is 9.55 Å². The summed E-state index contributed by atoms with van der Waals surface area (Å²) in [6.07, 6.45) is 2.61. The van der Waals surface area contributed by atoms with Gasteiger partial charge in [-0.25, -0.2) is 9.97 Å².